The number of amides is 1. The molecule has 1 atom stereocenters. The van der Waals surface area contributed by atoms with E-state index in [0.29, 0.717) is 16.5 Å². The van der Waals surface area contributed by atoms with Gasteiger partial charge in [0.15, 0.2) is 5.17 Å². The molecule has 1 heterocycles. The van der Waals surface area contributed by atoms with Crippen LogP contribution >= 0.6 is 47.4 Å². The summed E-state index contributed by atoms with van der Waals surface area (Å²) in [6.07, 6.45) is 0.408. The largest absolute Gasteiger partial charge is 0.350 e. The number of halogens is 3. The van der Waals surface area contributed by atoms with E-state index in [1.807, 2.05) is 31.3 Å². The molecule has 0 aromatic heterocycles. The molecule has 0 radical (unpaired) electrons. The second kappa shape index (κ2) is 9.51. The van der Waals surface area contributed by atoms with Gasteiger partial charge in [0.2, 0.25) is 5.91 Å². The summed E-state index contributed by atoms with van der Waals surface area (Å²) in [5, 5.41) is 5.14. The van der Waals surface area contributed by atoms with Gasteiger partial charge in [0.05, 0.1) is 5.69 Å². The average Bonchev–Trinajstić information content (AvgIpc) is 2.92. The first-order chi connectivity index (χ1) is 12.0. The fourth-order valence-electron chi connectivity index (χ4n) is 2.43. The zero-order valence-electron chi connectivity index (χ0n) is 14.0. The summed E-state index contributed by atoms with van der Waals surface area (Å²) in [4.78, 5) is 19.0. The molecule has 0 aliphatic carbocycles. The van der Waals surface area contributed by atoms with Crippen LogP contribution in [0.2, 0.25) is 10.0 Å². The second-order valence-electron chi connectivity index (χ2n) is 5.71. The Bertz CT molecular complexity index is 781. The third kappa shape index (κ3) is 5.55. The van der Waals surface area contributed by atoms with E-state index in [0.717, 1.165) is 22.3 Å². The fraction of sp³-hybridized carbons (Fsp3) is 0.222. The molecule has 2 aromatic rings. The molecule has 26 heavy (non-hydrogen) atoms. The number of benzene rings is 2. The van der Waals surface area contributed by atoms with Crippen molar-refractivity contribution in [3.63, 3.8) is 0 Å². The Hall–Kier alpha value is -1.40. The van der Waals surface area contributed by atoms with Crippen LogP contribution in [0.25, 0.3) is 0 Å². The van der Waals surface area contributed by atoms with Crippen molar-refractivity contribution in [2.75, 3.05) is 18.1 Å². The Morgan fingerprint density at radius 1 is 1.15 bits per heavy atom. The lowest BCUT2D eigenvalue weighted by molar-refractivity contribution is -0.116. The van der Waals surface area contributed by atoms with E-state index < -0.39 is 0 Å². The molecule has 4 nitrogen and oxygen atoms in total. The Labute approximate surface area is 173 Å². The smallest absolute Gasteiger partial charge is 0.226 e. The van der Waals surface area contributed by atoms with Gasteiger partial charge in [-0.1, -0.05) is 35.0 Å². The van der Waals surface area contributed by atoms with Crippen molar-refractivity contribution in [3.05, 3.63) is 58.6 Å². The maximum absolute atomic E-state index is 12.3. The minimum Gasteiger partial charge on any atom is -0.350 e. The average molecular weight is 431 g/mol. The van der Waals surface area contributed by atoms with Crippen molar-refractivity contribution in [2.45, 2.75) is 12.5 Å². The Balaban J connectivity index is 0.00000243. The molecule has 1 N–H and O–H groups in total. The Morgan fingerprint density at radius 2 is 1.73 bits per heavy atom. The summed E-state index contributed by atoms with van der Waals surface area (Å²) in [7, 11) is 1.97. The van der Waals surface area contributed by atoms with Crippen LogP contribution in [-0.2, 0) is 4.79 Å². The van der Waals surface area contributed by atoms with Gasteiger partial charge in [0.25, 0.3) is 0 Å². The number of aliphatic imine (C=N–C) groups is 1. The van der Waals surface area contributed by atoms with Gasteiger partial charge in [-0.2, -0.15) is 0 Å². The van der Waals surface area contributed by atoms with E-state index >= 15 is 0 Å². The minimum atomic E-state index is -0.0208. The van der Waals surface area contributed by atoms with E-state index in [4.69, 9.17) is 23.2 Å². The molecule has 8 heteroatoms. The van der Waals surface area contributed by atoms with E-state index in [1.165, 1.54) is 0 Å². The highest BCUT2D eigenvalue weighted by molar-refractivity contribution is 8.14. The van der Waals surface area contributed by atoms with Crippen LogP contribution in [0, 0.1) is 0 Å². The van der Waals surface area contributed by atoms with Crippen molar-refractivity contribution >= 4 is 69.8 Å². The Morgan fingerprint density at radius 3 is 2.35 bits per heavy atom. The molecule has 0 spiro atoms. The minimum absolute atomic E-state index is 0. The molecule has 3 rings (SSSR count). The molecule has 1 fully saturated rings. The standard InChI is InChI=1S/C18H17Cl2N3OS.ClH/c1-23-16(10-17(24)21-14-6-2-12(19)3-7-14)11-25-18(23)22-15-8-4-13(20)5-9-15;/h2-9,16H,10-11H2,1H3,(H,21,24);1H. The van der Waals surface area contributed by atoms with Gasteiger partial charge in [-0.05, 0) is 48.5 Å². The molecule has 1 amide bonds. The number of nitrogens with zero attached hydrogens (tertiary/aromatic N) is 2. The van der Waals surface area contributed by atoms with Crippen LogP contribution in [0.3, 0.4) is 0 Å². The van der Waals surface area contributed by atoms with Gasteiger partial charge < -0.3 is 10.2 Å². The number of amidine groups is 1. The van der Waals surface area contributed by atoms with E-state index in [1.54, 1.807) is 36.0 Å². The van der Waals surface area contributed by atoms with Crippen molar-refractivity contribution in [2.24, 2.45) is 4.99 Å². The molecular weight excluding hydrogens is 413 g/mol. The lowest BCUT2D eigenvalue weighted by Crippen LogP contribution is -2.33. The number of hydrogen-bond acceptors (Lipinski definition) is 3. The van der Waals surface area contributed by atoms with Crippen molar-refractivity contribution in [1.29, 1.82) is 0 Å². The lowest BCUT2D eigenvalue weighted by atomic mass is 10.2. The van der Waals surface area contributed by atoms with E-state index in [2.05, 4.69) is 15.2 Å². The van der Waals surface area contributed by atoms with Gasteiger partial charge in [0, 0.05) is 41.0 Å². The SMILES string of the molecule is CN1C(=Nc2ccc(Cl)cc2)SCC1CC(=O)Nc1ccc(Cl)cc1.Cl. The number of anilines is 1. The number of carbonyl (C=O) groups excluding carboxylic acids is 1. The normalized spacial score (nSPS) is 17.9. The maximum Gasteiger partial charge on any atom is 0.226 e. The molecule has 2 aromatic carbocycles. The number of thioether (sulfide) groups is 1. The monoisotopic (exact) mass is 429 g/mol. The van der Waals surface area contributed by atoms with Gasteiger partial charge in [0.1, 0.15) is 0 Å². The number of carbonyl (C=O) groups is 1. The first-order valence-electron chi connectivity index (χ1n) is 7.76. The molecule has 1 aliphatic rings. The van der Waals surface area contributed by atoms with Gasteiger partial charge in [-0.15, -0.1) is 12.4 Å². The fourth-order valence-corrected chi connectivity index (χ4v) is 3.89. The zero-order valence-corrected chi connectivity index (χ0v) is 17.1. The molecule has 0 bridgehead atoms. The molecule has 0 saturated carbocycles. The van der Waals surface area contributed by atoms with E-state index in [9.17, 15) is 4.79 Å². The zero-order chi connectivity index (χ0) is 17.8. The van der Waals surface area contributed by atoms with Crippen LogP contribution < -0.4 is 5.32 Å². The number of hydrogen-bond donors (Lipinski definition) is 1. The summed E-state index contributed by atoms with van der Waals surface area (Å²) in [6, 6.07) is 14.6. The number of nitrogens with one attached hydrogen (secondary N) is 1. The summed E-state index contributed by atoms with van der Waals surface area (Å²) in [6.45, 7) is 0. The van der Waals surface area contributed by atoms with Gasteiger partial charge in [-0.3, -0.25) is 4.79 Å². The van der Waals surface area contributed by atoms with Crippen LogP contribution in [0.5, 0.6) is 0 Å². The predicted molar refractivity (Wildman–Crippen MR) is 115 cm³/mol. The van der Waals surface area contributed by atoms with Gasteiger partial charge >= 0.3 is 0 Å². The molecular formula is C18H18Cl3N3OS. The van der Waals surface area contributed by atoms with Crippen LogP contribution in [0.15, 0.2) is 53.5 Å². The molecule has 1 aliphatic heterocycles. The third-order valence-corrected chi connectivity index (χ3v) is 5.55. The quantitative estimate of drug-likeness (QED) is 0.698. The lowest BCUT2D eigenvalue weighted by Gasteiger charge is -2.20. The third-order valence-electron chi connectivity index (χ3n) is 3.85. The second-order valence-corrected chi connectivity index (χ2v) is 7.57. The van der Waals surface area contributed by atoms with Crippen LogP contribution in [0.4, 0.5) is 11.4 Å². The first kappa shape index (κ1) is 20.9. The summed E-state index contributed by atoms with van der Waals surface area (Å²) in [5.74, 6) is 0.809. The highest BCUT2D eigenvalue weighted by Crippen LogP contribution is 2.28. The summed E-state index contributed by atoms with van der Waals surface area (Å²) < 4.78 is 0. The van der Waals surface area contributed by atoms with E-state index in [-0.39, 0.29) is 24.4 Å². The molecule has 1 saturated heterocycles. The predicted octanol–water partition coefficient (Wildman–Crippen LogP) is 5.48. The maximum atomic E-state index is 12.3. The highest BCUT2D eigenvalue weighted by Gasteiger charge is 2.29. The van der Waals surface area contributed by atoms with Crippen molar-refractivity contribution < 1.29 is 4.79 Å². The van der Waals surface area contributed by atoms with Gasteiger partial charge in [-0.25, -0.2) is 4.99 Å². The summed E-state index contributed by atoms with van der Waals surface area (Å²) >= 11 is 13.4. The van der Waals surface area contributed by atoms with Crippen molar-refractivity contribution in [1.82, 2.24) is 4.90 Å². The summed E-state index contributed by atoms with van der Waals surface area (Å²) in [5.41, 5.74) is 1.60. The number of rotatable bonds is 4. The highest BCUT2D eigenvalue weighted by atomic mass is 35.5. The molecule has 1 unspecified atom stereocenters. The van der Waals surface area contributed by atoms with Crippen LogP contribution in [-0.4, -0.2) is 34.8 Å². The van der Waals surface area contributed by atoms with Crippen molar-refractivity contribution in [3.8, 4) is 0 Å². The molecule has 138 valence electrons. The van der Waals surface area contributed by atoms with Crippen LogP contribution in [0.1, 0.15) is 6.42 Å². The topological polar surface area (TPSA) is 44.7 Å². The Kier molecular flexibility index (Phi) is 7.65. The first-order valence-corrected chi connectivity index (χ1v) is 9.51.